The Morgan fingerprint density at radius 1 is 1.32 bits per heavy atom. The summed E-state index contributed by atoms with van der Waals surface area (Å²) in [4.78, 5) is 14.0. The van der Waals surface area contributed by atoms with Crippen LogP contribution in [0.1, 0.15) is 18.4 Å². The summed E-state index contributed by atoms with van der Waals surface area (Å²) in [5.41, 5.74) is 0.490. The first kappa shape index (κ1) is 15.0. The van der Waals surface area contributed by atoms with Gasteiger partial charge in [-0.2, -0.15) is 0 Å². The number of allylic oxidation sites excluding steroid dienone is 1. The van der Waals surface area contributed by atoms with Crippen molar-refractivity contribution in [1.82, 2.24) is 4.90 Å². The Labute approximate surface area is 129 Å². The second-order valence-electron chi connectivity index (χ2n) is 5.98. The molecule has 1 saturated heterocycles. The van der Waals surface area contributed by atoms with Gasteiger partial charge in [-0.3, -0.25) is 4.79 Å². The molecule has 1 fully saturated rings. The van der Waals surface area contributed by atoms with E-state index in [0.717, 1.165) is 18.5 Å². The van der Waals surface area contributed by atoms with E-state index in [-0.39, 0.29) is 23.0 Å². The molecule has 2 atom stereocenters. The minimum absolute atomic E-state index is 0.0579. The highest BCUT2D eigenvalue weighted by atomic mass is 19.1. The number of likely N-dealkylation sites (tertiary alicyclic amines) is 1. The van der Waals surface area contributed by atoms with E-state index in [1.807, 2.05) is 19.2 Å². The van der Waals surface area contributed by atoms with Crippen molar-refractivity contribution in [3.05, 3.63) is 35.7 Å². The summed E-state index contributed by atoms with van der Waals surface area (Å²) in [5, 5.41) is 0. The normalized spacial score (nSPS) is 27.8. The molecule has 0 unspecified atom stereocenters. The number of carbonyl (C=O) groups is 1. The van der Waals surface area contributed by atoms with Crippen molar-refractivity contribution in [3.63, 3.8) is 0 Å². The van der Waals surface area contributed by atoms with Crippen LogP contribution in [0.5, 0.6) is 11.5 Å². The van der Waals surface area contributed by atoms with Gasteiger partial charge in [-0.25, -0.2) is 4.39 Å². The molecule has 0 radical (unpaired) electrons. The van der Waals surface area contributed by atoms with Crippen molar-refractivity contribution in [2.24, 2.45) is 0 Å². The van der Waals surface area contributed by atoms with E-state index in [2.05, 4.69) is 4.90 Å². The van der Waals surface area contributed by atoms with E-state index in [0.29, 0.717) is 12.2 Å². The molecule has 0 spiro atoms. The van der Waals surface area contributed by atoms with Gasteiger partial charge in [0.15, 0.2) is 23.1 Å². The molecule has 1 heterocycles. The average Bonchev–Trinajstić information content (AvgIpc) is 2.84. The molecule has 0 bridgehead atoms. The van der Waals surface area contributed by atoms with Gasteiger partial charge in [-0.05, 0) is 43.8 Å². The molecule has 1 aliphatic carbocycles. The average molecular weight is 305 g/mol. The zero-order chi connectivity index (χ0) is 15.9. The molecule has 0 amide bonds. The first-order chi connectivity index (χ1) is 10.5. The predicted molar refractivity (Wildman–Crippen MR) is 81.0 cm³/mol. The fraction of sp³-hybridized carbons (Fsp3) is 0.471. The van der Waals surface area contributed by atoms with Crippen LogP contribution in [0.3, 0.4) is 0 Å². The highest BCUT2D eigenvalue weighted by Gasteiger charge is 2.48. The van der Waals surface area contributed by atoms with Crippen LogP contribution in [0.15, 0.2) is 24.3 Å². The number of carbonyl (C=O) groups excluding carboxylic acids is 1. The van der Waals surface area contributed by atoms with Crippen molar-refractivity contribution in [2.75, 3.05) is 27.8 Å². The third-order valence-corrected chi connectivity index (χ3v) is 4.94. The van der Waals surface area contributed by atoms with Gasteiger partial charge in [-0.15, -0.1) is 0 Å². The Bertz CT molecular complexity index is 643. The second kappa shape index (κ2) is 5.39. The summed E-state index contributed by atoms with van der Waals surface area (Å²) in [6.45, 7) is 0.873. The summed E-state index contributed by atoms with van der Waals surface area (Å²) < 4.78 is 24.7. The molecule has 1 aliphatic heterocycles. The van der Waals surface area contributed by atoms with Crippen LogP contribution in [0.2, 0.25) is 0 Å². The first-order valence-corrected chi connectivity index (χ1v) is 7.36. The van der Waals surface area contributed by atoms with Crippen LogP contribution < -0.4 is 9.47 Å². The molecular formula is C17H20FNO3. The quantitative estimate of drug-likeness (QED) is 0.859. The largest absolute Gasteiger partial charge is 0.493 e. The standard InChI is InChI=1S/C17H20FNO3/c1-19-7-6-17(5-4-12(20)10-15(17)19)11-8-13(18)16(22-3)14(9-11)21-2/h4-5,8-9,15H,6-7,10H2,1-3H3/t15-,17-/m0/s1. The lowest BCUT2D eigenvalue weighted by Gasteiger charge is -2.37. The van der Waals surface area contributed by atoms with Crippen LogP contribution in [-0.4, -0.2) is 44.5 Å². The number of methoxy groups -OCH3 is 2. The molecule has 0 aromatic heterocycles. The maximum Gasteiger partial charge on any atom is 0.196 e. The van der Waals surface area contributed by atoms with Crippen LogP contribution in [0.4, 0.5) is 4.39 Å². The molecule has 5 heteroatoms. The van der Waals surface area contributed by atoms with Gasteiger partial charge in [0, 0.05) is 17.9 Å². The lowest BCUT2D eigenvalue weighted by atomic mass is 9.69. The van der Waals surface area contributed by atoms with E-state index in [4.69, 9.17) is 9.47 Å². The van der Waals surface area contributed by atoms with Gasteiger partial charge < -0.3 is 14.4 Å². The maximum atomic E-state index is 14.4. The molecule has 3 rings (SSSR count). The number of hydrogen-bond acceptors (Lipinski definition) is 4. The van der Waals surface area contributed by atoms with E-state index in [1.54, 1.807) is 6.08 Å². The molecule has 22 heavy (non-hydrogen) atoms. The summed E-state index contributed by atoms with van der Waals surface area (Å²) in [6.07, 6.45) is 4.88. The maximum absolute atomic E-state index is 14.4. The SMILES string of the molecule is COc1cc([C@@]23C=CC(=O)C[C@@H]2N(C)CC3)cc(F)c1OC. The third-order valence-electron chi connectivity index (χ3n) is 4.94. The Morgan fingerprint density at radius 3 is 2.77 bits per heavy atom. The van der Waals surface area contributed by atoms with Crippen molar-refractivity contribution in [2.45, 2.75) is 24.3 Å². The molecule has 0 N–H and O–H groups in total. The number of nitrogens with zero attached hydrogens (tertiary/aromatic N) is 1. The van der Waals surface area contributed by atoms with Gasteiger partial charge >= 0.3 is 0 Å². The number of halogens is 1. The van der Waals surface area contributed by atoms with Crippen molar-refractivity contribution >= 4 is 5.78 Å². The van der Waals surface area contributed by atoms with Crippen molar-refractivity contribution in [3.8, 4) is 11.5 Å². The zero-order valence-corrected chi connectivity index (χ0v) is 13.1. The van der Waals surface area contributed by atoms with E-state index in [1.165, 1.54) is 20.3 Å². The van der Waals surface area contributed by atoms with Crippen LogP contribution in [0.25, 0.3) is 0 Å². The van der Waals surface area contributed by atoms with Gasteiger partial charge in [0.2, 0.25) is 0 Å². The van der Waals surface area contributed by atoms with Gasteiger partial charge in [0.05, 0.1) is 14.2 Å². The number of ketones is 1. The van der Waals surface area contributed by atoms with E-state index >= 15 is 0 Å². The smallest absolute Gasteiger partial charge is 0.196 e. The van der Waals surface area contributed by atoms with E-state index in [9.17, 15) is 9.18 Å². The van der Waals surface area contributed by atoms with Gasteiger partial charge in [0.1, 0.15) is 0 Å². The second-order valence-corrected chi connectivity index (χ2v) is 5.98. The van der Waals surface area contributed by atoms with Crippen LogP contribution >= 0.6 is 0 Å². The summed E-state index contributed by atoms with van der Waals surface area (Å²) in [7, 11) is 4.93. The molecule has 1 aromatic carbocycles. The Hall–Kier alpha value is -1.88. The Morgan fingerprint density at radius 2 is 2.09 bits per heavy atom. The number of benzene rings is 1. The summed E-state index contributed by atoms with van der Waals surface area (Å²) in [6, 6.07) is 3.39. The minimum atomic E-state index is -0.440. The number of hydrogen-bond donors (Lipinski definition) is 0. The predicted octanol–water partition coefficient (Wildman–Crippen LogP) is 2.31. The Kier molecular flexibility index (Phi) is 3.68. The van der Waals surface area contributed by atoms with Crippen LogP contribution in [0, 0.1) is 5.82 Å². The highest BCUT2D eigenvalue weighted by Crippen LogP contribution is 2.47. The summed E-state index contributed by atoms with van der Waals surface area (Å²) in [5.74, 6) is 0.173. The zero-order valence-electron chi connectivity index (χ0n) is 13.1. The first-order valence-electron chi connectivity index (χ1n) is 7.36. The monoisotopic (exact) mass is 305 g/mol. The fourth-order valence-electron chi connectivity index (χ4n) is 3.73. The third kappa shape index (κ3) is 2.11. The molecule has 0 saturated carbocycles. The highest BCUT2D eigenvalue weighted by molar-refractivity contribution is 5.92. The van der Waals surface area contributed by atoms with Crippen LogP contribution in [-0.2, 0) is 10.2 Å². The van der Waals surface area contributed by atoms with E-state index < -0.39 is 5.82 Å². The Balaban J connectivity index is 2.15. The topological polar surface area (TPSA) is 38.8 Å². The minimum Gasteiger partial charge on any atom is -0.493 e. The van der Waals surface area contributed by atoms with Gasteiger partial charge in [-0.1, -0.05) is 6.08 Å². The lowest BCUT2D eigenvalue weighted by Crippen LogP contribution is -2.43. The molecular weight excluding hydrogens is 285 g/mol. The summed E-state index contributed by atoms with van der Waals surface area (Å²) >= 11 is 0. The van der Waals surface area contributed by atoms with Gasteiger partial charge in [0.25, 0.3) is 0 Å². The lowest BCUT2D eigenvalue weighted by molar-refractivity contribution is -0.116. The molecule has 118 valence electrons. The molecule has 1 aromatic rings. The van der Waals surface area contributed by atoms with Crippen molar-refractivity contribution in [1.29, 1.82) is 0 Å². The fourth-order valence-corrected chi connectivity index (χ4v) is 3.73. The number of likely N-dealkylation sites (N-methyl/N-ethyl adjacent to an activating group) is 1. The molecule has 2 aliphatic rings. The number of ether oxygens (including phenoxy) is 2. The number of rotatable bonds is 3. The number of fused-ring (bicyclic) bond motifs is 1. The van der Waals surface area contributed by atoms with Crippen molar-refractivity contribution < 1.29 is 18.7 Å². The molecule has 4 nitrogen and oxygen atoms in total.